The molecule has 0 saturated heterocycles. The Kier molecular flexibility index (Phi) is 10.8. The minimum Gasteiger partial charge on any atom is -0.300 e. The van der Waals surface area contributed by atoms with E-state index in [0.717, 1.165) is 21.6 Å². The molecule has 16 heavy (non-hydrogen) atoms. The van der Waals surface area contributed by atoms with Crippen molar-refractivity contribution >= 4 is 59.2 Å². The number of ketones is 1. The lowest BCUT2D eigenvalue weighted by atomic mass is 10.1. The lowest BCUT2D eigenvalue weighted by Crippen LogP contribution is -2.03. The van der Waals surface area contributed by atoms with E-state index in [4.69, 9.17) is 0 Å². The lowest BCUT2D eigenvalue weighted by Gasteiger charge is -1.99. The summed E-state index contributed by atoms with van der Waals surface area (Å²) < 4.78 is 0. The topological polar surface area (TPSA) is 51.2 Å². The maximum atomic E-state index is 11.3. The number of rotatable bonds is 8. The van der Waals surface area contributed by atoms with Crippen molar-refractivity contribution in [3.8, 4) is 0 Å². The van der Waals surface area contributed by atoms with Crippen LogP contribution < -0.4 is 0 Å². The van der Waals surface area contributed by atoms with E-state index >= 15 is 0 Å². The molecule has 0 aliphatic rings. The zero-order chi connectivity index (χ0) is 12.4. The van der Waals surface area contributed by atoms with E-state index in [1.54, 1.807) is 0 Å². The molecule has 0 fully saturated rings. The van der Waals surface area contributed by atoms with E-state index in [-0.39, 0.29) is 41.7 Å². The average Bonchev–Trinajstić information content (AvgIpc) is 2.24. The second-order valence-corrected chi connectivity index (χ2v) is 7.69. The Bertz CT molecular complexity index is 231. The van der Waals surface area contributed by atoms with Crippen molar-refractivity contribution in [3.05, 3.63) is 0 Å². The fourth-order valence-corrected chi connectivity index (χ4v) is 3.24. The van der Waals surface area contributed by atoms with Gasteiger partial charge in [0, 0.05) is 25.7 Å². The zero-order valence-electron chi connectivity index (χ0n) is 9.19. The first-order chi connectivity index (χ1) is 7.60. The quantitative estimate of drug-likeness (QED) is 0.638. The number of hydrogen-bond donors (Lipinski definition) is 0. The highest BCUT2D eigenvalue weighted by Crippen LogP contribution is 2.22. The fraction of sp³-hybridized carbons (Fsp3) is 0.667. The molecular formula is C9H14O3S4. The van der Waals surface area contributed by atoms with Gasteiger partial charge in [0.2, 0.25) is 0 Å². The SMILES string of the molecule is CSSC(=O)CCC(=O)CCC(=O)SSC. The summed E-state index contributed by atoms with van der Waals surface area (Å²) in [6.45, 7) is 0. The van der Waals surface area contributed by atoms with Gasteiger partial charge < -0.3 is 0 Å². The number of hydrogen-bond acceptors (Lipinski definition) is 7. The van der Waals surface area contributed by atoms with Gasteiger partial charge in [0.05, 0.1) is 0 Å². The Labute approximate surface area is 111 Å². The van der Waals surface area contributed by atoms with E-state index < -0.39 is 0 Å². The van der Waals surface area contributed by atoms with Gasteiger partial charge in [-0.2, -0.15) is 0 Å². The lowest BCUT2D eigenvalue weighted by molar-refractivity contribution is -0.122. The molecule has 0 aromatic heterocycles. The Balaban J connectivity index is 3.59. The molecule has 92 valence electrons. The molecule has 0 unspecified atom stereocenters. The molecule has 0 heterocycles. The van der Waals surface area contributed by atoms with Crippen molar-refractivity contribution in [2.75, 3.05) is 12.5 Å². The van der Waals surface area contributed by atoms with Crippen LogP contribution in [0.3, 0.4) is 0 Å². The minimum atomic E-state index is -0.00916. The van der Waals surface area contributed by atoms with E-state index in [1.807, 2.05) is 12.5 Å². The molecule has 0 aromatic rings. The third-order valence-electron chi connectivity index (χ3n) is 1.57. The van der Waals surface area contributed by atoms with Crippen LogP contribution in [0.5, 0.6) is 0 Å². The van der Waals surface area contributed by atoms with Gasteiger partial charge in [0.25, 0.3) is 0 Å². The van der Waals surface area contributed by atoms with Gasteiger partial charge >= 0.3 is 0 Å². The molecule has 0 atom stereocenters. The second-order valence-electron chi connectivity index (χ2n) is 2.78. The molecule has 0 N–H and O–H groups in total. The molecule has 0 radical (unpaired) electrons. The highest BCUT2D eigenvalue weighted by atomic mass is 33.1. The van der Waals surface area contributed by atoms with Gasteiger partial charge in [-0.25, -0.2) is 0 Å². The number of Topliss-reactive ketones (excluding diaryl/α,β-unsaturated/α-hetero) is 1. The van der Waals surface area contributed by atoms with Crippen molar-refractivity contribution in [1.82, 2.24) is 0 Å². The van der Waals surface area contributed by atoms with Crippen LogP contribution in [-0.2, 0) is 14.4 Å². The highest BCUT2D eigenvalue weighted by molar-refractivity contribution is 8.82. The second kappa shape index (κ2) is 10.6. The fourth-order valence-electron chi connectivity index (χ4n) is 0.877. The molecule has 0 aliphatic heterocycles. The van der Waals surface area contributed by atoms with E-state index in [2.05, 4.69) is 0 Å². The van der Waals surface area contributed by atoms with Gasteiger partial charge in [-0.1, -0.05) is 21.6 Å². The first-order valence-electron chi connectivity index (χ1n) is 4.58. The standard InChI is InChI=1S/C9H14O3S4/c1-13-15-8(11)5-3-7(10)4-6-9(12)16-14-2/h3-6H2,1-2H3. The van der Waals surface area contributed by atoms with Crippen LogP contribution in [0.15, 0.2) is 0 Å². The summed E-state index contributed by atoms with van der Waals surface area (Å²) >= 11 is 0. The summed E-state index contributed by atoms with van der Waals surface area (Å²) in [5, 5.41) is 0.0383. The molecule has 0 bridgehead atoms. The van der Waals surface area contributed by atoms with Crippen LogP contribution in [0.1, 0.15) is 25.7 Å². The maximum Gasteiger partial charge on any atom is 0.199 e. The summed E-state index contributed by atoms with van der Waals surface area (Å²) in [4.78, 5) is 33.5. The van der Waals surface area contributed by atoms with E-state index in [1.165, 1.54) is 21.6 Å². The van der Waals surface area contributed by atoms with Crippen LogP contribution in [0, 0.1) is 0 Å². The Hall–Kier alpha value is 0.410. The number of carbonyl (C=O) groups excluding carboxylic acids is 3. The molecule has 0 aromatic carbocycles. The monoisotopic (exact) mass is 298 g/mol. The predicted octanol–water partition coefficient (Wildman–Crippen LogP) is 3.19. The summed E-state index contributed by atoms with van der Waals surface area (Å²) in [6.07, 6.45) is 4.70. The smallest absolute Gasteiger partial charge is 0.199 e. The minimum absolute atomic E-state index is 0.00916. The largest absolute Gasteiger partial charge is 0.300 e. The van der Waals surface area contributed by atoms with Gasteiger partial charge in [-0.15, -0.1) is 0 Å². The van der Waals surface area contributed by atoms with E-state index in [0.29, 0.717) is 0 Å². The van der Waals surface area contributed by atoms with Crippen molar-refractivity contribution in [2.24, 2.45) is 0 Å². The highest BCUT2D eigenvalue weighted by Gasteiger charge is 2.10. The van der Waals surface area contributed by atoms with Crippen LogP contribution in [0.25, 0.3) is 0 Å². The van der Waals surface area contributed by atoms with Crippen molar-refractivity contribution in [1.29, 1.82) is 0 Å². The maximum absolute atomic E-state index is 11.3. The molecule has 0 amide bonds. The molecule has 7 heteroatoms. The van der Waals surface area contributed by atoms with Gasteiger partial charge in [0.1, 0.15) is 5.78 Å². The third-order valence-corrected chi connectivity index (χ3v) is 4.80. The van der Waals surface area contributed by atoms with Crippen LogP contribution >= 0.6 is 43.2 Å². The third kappa shape index (κ3) is 9.62. The molecule has 0 saturated carbocycles. The summed E-state index contributed by atoms with van der Waals surface area (Å²) in [5.74, 6) is -0.00916. The Morgan fingerprint density at radius 3 is 1.44 bits per heavy atom. The summed E-state index contributed by atoms with van der Waals surface area (Å²) in [5.41, 5.74) is 0. The number of carbonyl (C=O) groups is 3. The molecule has 0 rings (SSSR count). The van der Waals surface area contributed by atoms with Crippen LogP contribution in [-0.4, -0.2) is 28.5 Å². The first-order valence-corrected chi connectivity index (χ1v) is 9.70. The predicted molar refractivity (Wildman–Crippen MR) is 75.7 cm³/mol. The zero-order valence-corrected chi connectivity index (χ0v) is 12.5. The molecule has 0 spiro atoms. The Morgan fingerprint density at radius 1 is 0.750 bits per heavy atom. The Morgan fingerprint density at radius 2 is 1.12 bits per heavy atom. The molecular weight excluding hydrogens is 284 g/mol. The van der Waals surface area contributed by atoms with E-state index in [9.17, 15) is 14.4 Å². The molecule has 3 nitrogen and oxygen atoms in total. The molecule has 0 aliphatic carbocycles. The average molecular weight is 298 g/mol. The van der Waals surface area contributed by atoms with Gasteiger partial charge in [0.15, 0.2) is 10.2 Å². The van der Waals surface area contributed by atoms with Gasteiger partial charge in [-0.05, 0) is 34.1 Å². The van der Waals surface area contributed by atoms with Crippen LogP contribution in [0.2, 0.25) is 0 Å². The van der Waals surface area contributed by atoms with Crippen LogP contribution in [0.4, 0.5) is 0 Å². The van der Waals surface area contributed by atoms with Crippen molar-refractivity contribution in [2.45, 2.75) is 25.7 Å². The summed E-state index contributed by atoms with van der Waals surface area (Å²) in [6, 6.07) is 0. The normalized spacial score (nSPS) is 10.1. The van der Waals surface area contributed by atoms with Gasteiger partial charge in [-0.3, -0.25) is 14.4 Å². The summed E-state index contributed by atoms with van der Waals surface area (Å²) in [7, 11) is 5.08. The van der Waals surface area contributed by atoms with Crippen molar-refractivity contribution in [3.63, 3.8) is 0 Å². The first kappa shape index (κ1) is 16.4. The van der Waals surface area contributed by atoms with Crippen molar-refractivity contribution < 1.29 is 14.4 Å².